The maximum absolute atomic E-state index is 13.2. The quantitative estimate of drug-likeness (QED) is 0.661. The van der Waals surface area contributed by atoms with Crippen LogP contribution in [-0.2, 0) is 6.42 Å². The summed E-state index contributed by atoms with van der Waals surface area (Å²) in [6, 6.07) is 13.0. The first-order valence-corrected chi connectivity index (χ1v) is 7.26. The fraction of sp³-hybridized carbons (Fsp3) is 0.176. The maximum atomic E-state index is 13.2. The van der Waals surface area contributed by atoms with Crippen molar-refractivity contribution in [2.45, 2.75) is 20.3 Å². The van der Waals surface area contributed by atoms with Gasteiger partial charge in [0.1, 0.15) is 5.82 Å². The molecule has 0 atom stereocenters. The van der Waals surface area contributed by atoms with E-state index in [1.54, 1.807) is 6.07 Å². The normalized spacial score (nSPS) is 10.0. The fourth-order valence-electron chi connectivity index (χ4n) is 1.81. The minimum atomic E-state index is -0.475. The number of hydrogen-bond donors (Lipinski definition) is 0. The summed E-state index contributed by atoms with van der Waals surface area (Å²) in [6.07, 6.45) is 2.33. The van der Waals surface area contributed by atoms with Crippen LogP contribution in [0.5, 0.6) is 0 Å². The predicted molar refractivity (Wildman–Crippen MR) is 85.3 cm³/mol. The Morgan fingerprint density at radius 1 is 1.14 bits per heavy atom. The second-order valence-corrected chi connectivity index (χ2v) is 5.09. The summed E-state index contributed by atoms with van der Waals surface area (Å²) in [5.74, 6) is -0.389. The molecule has 0 bridgehead atoms. The molecule has 0 amide bonds. The van der Waals surface area contributed by atoms with Crippen molar-refractivity contribution in [3.05, 3.63) is 70.8 Å². The van der Waals surface area contributed by atoms with Crippen LogP contribution in [0.1, 0.15) is 18.1 Å². The Morgan fingerprint density at radius 2 is 1.86 bits per heavy atom. The number of halogens is 2. The standard InChI is InChI=1S/C9H12.C8H4ClFN2O/c1-3-9-6-4-8(2)5-7-9;9-5-2-1-3-6(10)7(5)8-11-4-12-13-8/h4-7H,3H2,1-2H3;1-4H. The molecule has 1 heterocycles. The Balaban J connectivity index is 0.000000172. The molecule has 0 fully saturated rings. The summed E-state index contributed by atoms with van der Waals surface area (Å²) in [5.41, 5.74) is 2.90. The third kappa shape index (κ3) is 4.15. The van der Waals surface area contributed by atoms with E-state index in [1.807, 2.05) is 0 Å². The molecule has 0 aliphatic carbocycles. The molecule has 0 saturated heterocycles. The Labute approximate surface area is 133 Å². The molecular weight excluding hydrogens is 303 g/mol. The van der Waals surface area contributed by atoms with Crippen molar-refractivity contribution in [1.29, 1.82) is 0 Å². The van der Waals surface area contributed by atoms with Crippen LogP contribution in [0.15, 0.2) is 53.3 Å². The van der Waals surface area contributed by atoms with Gasteiger partial charge >= 0.3 is 0 Å². The van der Waals surface area contributed by atoms with Crippen molar-refractivity contribution in [2.75, 3.05) is 0 Å². The summed E-state index contributed by atoms with van der Waals surface area (Å²) in [5, 5.41) is 3.62. The van der Waals surface area contributed by atoms with Crippen LogP contribution in [-0.4, -0.2) is 10.1 Å². The molecule has 2 aromatic carbocycles. The summed E-state index contributed by atoms with van der Waals surface area (Å²) < 4.78 is 17.9. The van der Waals surface area contributed by atoms with Crippen LogP contribution in [0.2, 0.25) is 5.02 Å². The average Bonchev–Trinajstić information content (AvgIpc) is 3.03. The van der Waals surface area contributed by atoms with Gasteiger partial charge in [0.25, 0.3) is 5.89 Å². The van der Waals surface area contributed by atoms with Crippen LogP contribution < -0.4 is 0 Å². The number of hydrogen-bond acceptors (Lipinski definition) is 3. The molecule has 0 spiro atoms. The SMILES string of the molecule is CCc1ccc(C)cc1.Fc1cccc(Cl)c1-c1ncno1. The van der Waals surface area contributed by atoms with Crippen LogP contribution in [0.3, 0.4) is 0 Å². The largest absolute Gasteiger partial charge is 0.334 e. The molecule has 0 saturated carbocycles. The van der Waals surface area contributed by atoms with Gasteiger partial charge in [-0.3, -0.25) is 0 Å². The van der Waals surface area contributed by atoms with Gasteiger partial charge in [-0.2, -0.15) is 4.98 Å². The van der Waals surface area contributed by atoms with Crippen LogP contribution in [0.4, 0.5) is 4.39 Å². The van der Waals surface area contributed by atoms with E-state index in [1.165, 1.54) is 29.6 Å². The highest BCUT2D eigenvalue weighted by molar-refractivity contribution is 6.33. The van der Waals surface area contributed by atoms with Crippen molar-refractivity contribution >= 4 is 11.6 Å². The van der Waals surface area contributed by atoms with Crippen molar-refractivity contribution in [1.82, 2.24) is 10.1 Å². The molecule has 3 aromatic rings. The molecule has 114 valence electrons. The van der Waals surface area contributed by atoms with Gasteiger partial charge in [-0.1, -0.05) is 59.6 Å². The molecule has 0 unspecified atom stereocenters. The number of aryl methyl sites for hydroxylation is 2. The lowest BCUT2D eigenvalue weighted by molar-refractivity contribution is 0.427. The second kappa shape index (κ2) is 7.71. The molecule has 0 N–H and O–H groups in total. The van der Waals surface area contributed by atoms with E-state index >= 15 is 0 Å². The van der Waals surface area contributed by atoms with Gasteiger partial charge in [-0.25, -0.2) is 4.39 Å². The molecule has 0 radical (unpaired) electrons. The van der Waals surface area contributed by atoms with Crippen molar-refractivity contribution in [3.8, 4) is 11.5 Å². The second-order valence-electron chi connectivity index (χ2n) is 4.68. The van der Waals surface area contributed by atoms with Gasteiger partial charge in [0.2, 0.25) is 0 Å². The molecule has 22 heavy (non-hydrogen) atoms. The first-order valence-electron chi connectivity index (χ1n) is 6.88. The fourth-order valence-corrected chi connectivity index (χ4v) is 2.05. The predicted octanol–water partition coefficient (Wildman–Crippen LogP) is 5.09. The van der Waals surface area contributed by atoms with E-state index < -0.39 is 5.82 Å². The van der Waals surface area contributed by atoms with Crippen LogP contribution in [0.25, 0.3) is 11.5 Å². The Kier molecular flexibility index (Phi) is 5.67. The molecular formula is C17H16ClFN2O. The summed E-state index contributed by atoms with van der Waals surface area (Å²) in [6.45, 7) is 4.28. The Bertz CT molecular complexity index is 692. The molecule has 0 aliphatic heterocycles. The van der Waals surface area contributed by atoms with E-state index in [9.17, 15) is 4.39 Å². The first-order chi connectivity index (χ1) is 10.6. The topological polar surface area (TPSA) is 38.9 Å². The Hall–Kier alpha value is -2.20. The van der Waals surface area contributed by atoms with Crippen molar-refractivity contribution in [2.24, 2.45) is 0 Å². The van der Waals surface area contributed by atoms with Crippen molar-refractivity contribution < 1.29 is 8.91 Å². The van der Waals surface area contributed by atoms with E-state index in [0.717, 1.165) is 6.42 Å². The summed E-state index contributed by atoms with van der Waals surface area (Å²) >= 11 is 5.75. The zero-order valence-electron chi connectivity index (χ0n) is 12.4. The third-order valence-corrected chi connectivity index (χ3v) is 3.38. The van der Waals surface area contributed by atoms with Gasteiger partial charge in [0, 0.05) is 0 Å². The van der Waals surface area contributed by atoms with E-state index in [-0.39, 0.29) is 16.5 Å². The molecule has 3 rings (SSSR count). The summed E-state index contributed by atoms with van der Waals surface area (Å²) in [4.78, 5) is 3.71. The number of benzene rings is 2. The van der Waals surface area contributed by atoms with Gasteiger partial charge < -0.3 is 4.52 Å². The summed E-state index contributed by atoms with van der Waals surface area (Å²) in [7, 11) is 0. The molecule has 1 aromatic heterocycles. The molecule has 3 nitrogen and oxygen atoms in total. The minimum Gasteiger partial charge on any atom is -0.334 e. The van der Waals surface area contributed by atoms with Gasteiger partial charge in [-0.15, -0.1) is 0 Å². The van der Waals surface area contributed by atoms with Crippen LogP contribution >= 0.6 is 11.6 Å². The van der Waals surface area contributed by atoms with Gasteiger partial charge in [-0.05, 0) is 31.0 Å². The lowest BCUT2D eigenvalue weighted by Crippen LogP contribution is -1.84. The average molecular weight is 319 g/mol. The highest BCUT2D eigenvalue weighted by atomic mass is 35.5. The highest BCUT2D eigenvalue weighted by Gasteiger charge is 2.13. The number of nitrogens with zero attached hydrogens (tertiary/aromatic N) is 2. The monoisotopic (exact) mass is 318 g/mol. The Morgan fingerprint density at radius 3 is 2.41 bits per heavy atom. The molecule has 0 aliphatic rings. The van der Waals surface area contributed by atoms with Crippen LogP contribution in [0, 0.1) is 12.7 Å². The minimum absolute atomic E-state index is 0.0862. The lowest BCUT2D eigenvalue weighted by atomic mass is 10.1. The highest BCUT2D eigenvalue weighted by Crippen LogP contribution is 2.28. The van der Waals surface area contributed by atoms with Gasteiger partial charge in [0.15, 0.2) is 6.33 Å². The number of rotatable bonds is 2. The molecule has 5 heteroatoms. The lowest BCUT2D eigenvalue weighted by Gasteiger charge is -1.98. The zero-order valence-corrected chi connectivity index (χ0v) is 13.1. The smallest absolute Gasteiger partial charge is 0.262 e. The third-order valence-electron chi connectivity index (χ3n) is 3.07. The first kappa shape index (κ1) is 16.2. The van der Waals surface area contributed by atoms with E-state index in [2.05, 4.69) is 48.3 Å². The van der Waals surface area contributed by atoms with Crippen molar-refractivity contribution in [3.63, 3.8) is 0 Å². The van der Waals surface area contributed by atoms with Gasteiger partial charge in [0.05, 0.1) is 10.6 Å². The number of aromatic nitrogens is 2. The maximum Gasteiger partial charge on any atom is 0.262 e. The zero-order chi connectivity index (χ0) is 15.9. The van der Waals surface area contributed by atoms with E-state index in [4.69, 9.17) is 16.1 Å². The van der Waals surface area contributed by atoms with E-state index in [0.29, 0.717) is 0 Å².